The first-order valence-corrected chi connectivity index (χ1v) is 6.78. The Morgan fingerprint density at radius 3 is 2.65 bits per heavy atom. The number of carbonyl (C=O) groups is 1. The van der Waals surface area contributed by atoms with Crippen LogP contribution in [0, 0.1) is 11.6 Å². The fourth-order valence-corrected chi connectivity index (χ4v) is 2.28. The number of aryl methyl sites for hydroxylation is 1. The lowest BCUT2D eigenvalue weighted by Crippen LogP contribution is -2.22. The molecule has 0 atom stereocenters. The quantitative estimate of drug-likeness (QED) is 0.790. The minimum absolute atomic E-state index is 0.0283. The van der Waals surface area contributed by atoms with Gasteiger partial charge in [0.2, 0.25) is 11.2 Å². The summed E-state index contributed by atoms with van der Waals surface area (Å²) in [6.45, 7) is 0.463. The maximum absolute atomic E-state index is 13.9. The van der Waals surface area contributed by atoms with Gasteiger partial charge in [-0.25, -0.2) is 13.6 Å². The van der Waals surface area contributed by atoms with E-state index in [1.54, 1.807) is 6.92 Å². The maximum Gasteiger partial charge on any atom is 0.343 e. The Kier molecular flexibility index (Phi) is 4.92. The van der Waals surface area contributed by atoms with Crippen LogP contribution in [0.4, 0.5) is 13.2 Å². The van der Waals surface area contributed by atoms with Crippen LogP contribution in [0.2, 0.25) is 0 Å². The van der Waals surface area contributed by atoms with Gasteiger partial charge in [-0.15, -0.1) is 0 Å². The Bertz CT molecular complexity index is 817. The number of ether oxygens (including phenoxy) is 2. The van der Waals surface area contributed by atoms with Crippen LogP contribution in [0.1, 0.15) is 17.3 Å². The van der Waals surface area contributed by atoms with Crippen LogP contribution in [-0.2, 0) is 11.3 Å². The molecule has 0 saturated carbocycles. The molecule has 0 aliphatic heterocycles. The second-order valence-corrected chi connectivity index (χ2v) is 4.58. The lowest BCUT2D eigenvalue weighted by Gasteiger charge is -2.15. The summed E-state index contributed by atoms with van der Waals surface area (Å²) in [5.41, 5.74) is -1.35. The SMILES string of the molecule is CCOC(=O)c1[14cH]n(CCF)c2c(OC)c(F)c(F)cc2c1=O. The fourth-order valence-electron chi connectivity index (χ4n) is 2.28. The summed E-state index contributed by atoms with van der Waals surface area (Å²) in [6.07, 6.45) is 1.06. The molecule has 0 saturated heterocycles. The highest BCUT2D eigenvalue weighted by atomic mass is 19.2. The monoisotopic (exact) mass is 331 g/mol. The Morgan fingerprint density at radius 2 is 2.09 bits per heavy atom. The van der Waals surface area contributed by atoms with Crippen LogP contribution in [0.3, 0.4) is 0 Å². The number of hydrogen-bond acceptors (Lipinski definition) is 4. The number of benzene rings is 1. The van der Waals surface area contributed by atoms with E-state index in [0.29, 0.717) is 6.07 Å². The number of esters is 1. The normalized spacial score (nSPS) is 10.8. The minimum atomic E-state index is -1.31. The molecule has 0 aliphatic rings. The van der Waals surface area contributed by atoms with E-state index in [9.17, 15) is 22.8 Å². The predicted molar refractivity (Wildman–Crippen MR) is 76.6 cm³/mol. The van der Waals surface area contributed by atoms with Crippen molar-refractivity contribution in [3.63, 3.8) is 0 Å². The van der Waals surface area contributed by atoms with E-state index in [1.165, 1.54) is 0 Å². The van der Waals surface area contributed by atoms with Crippen LogP contribution in [0.5, 0.6) is 5.75 Å². The number of halogens is 3. The highest BCUT2D eigenvalue weighted by molar-refractivity contribution is 5.95. The number of methoxy groups -OCH3 is 1. The molecule has 0 radical (unpaired) electrons. The standard InChI is InChI=1S/C15H14F3NO4/c1-3-23-15(21)9-7-19(5-4-16)12-8(13(9)20)6-10(17)11(18)14(12)22-2/h6-7H,3-5H2,1-2H3/i7+2. The van der Waals surface area contributed by atoms with E-state index in [2.05, 4.69) is 0 Å². The van der Waals surface area contributed by atoms with Crippen molar-refractivity contribution in [1.29, 1.82) is 0 Å². The number of alkyl halides is 1. The van der Waals surface area contributed by atoms with E-state index in [4.69, 9.17) is 9.47 Å². The predicted octanol–water partition coefficient (Wildman–Crippen LogP) is 2.43. The number of fused-ring (bicyclic) bond motifs is 1. The molecule has 23 heavy (non-hydrogen) atoms. The summed E-state index contributed by atoms with van der Waals surface area (Å²) in [7, 11) is 1.10. The highest BCUT2D eigenvalue weighted by Gasteiger charge is 2.23. The Hall–Kier alpha value is -2.51. The zero-order valence-corrected chi connectivity index (χ0v) is 12.5. The lowest BCUT2D eigenvalue weighted by molar-refractivity contribution is 0.0524. The molecule has 0 amide bonds. The third-order valence-electron chi connectivity index (χ3n) is 3.24. The summed E-state index contributed by atoms with van der Waals surface area (Å²) in [6, 6.07) is 0.660. The number of hydrogen-bond donors (Lipinski definition) is 0. The van der Waals surface area contributed by atoms with Gasteiger partial charge in [0, 0.05) is 6.20 Å². The highest BCUT2D eigenvalue weighted by Crippen LogP contribution is 2.29. The van der Waals surface area contributed by atoms with E-state index >= 15 is 0 Å². The minimum Gasteiger partial charge on any atom is -0.491 e. The van der Waals surface area contributed by atoms with E-state index in [1.807, 2.05) is 0 Å². The molecule has 2 aromatic rings. The molecule has 2 rings (SSSR count). The molecular weight excluding hydrogens is 317 g/mol. The van der Waals surface area contributed by atoms with Crippen molar-refractivity contribution in [2.45, 2.75) is 13.5 Å². The van der Waals surface area contributed by atoms with Crippen LogP contribution < -0.4 is 10.2 Å². The number of rotatable bonds is 5. The van der Waals surface area contributed by atoms with Crippen molar-refractivity contribution >= 4 is 16.9 Å². The van der Waals surface area contributed by atoms with Gasteiger partial charge in [0.1, 0.15) is 12.2 Å². The van der Waals surface area contributed by atoms with Crippen molar-refractivity contribution in [3.8, 4) is 5.75 Å². The number of pyridine rings is 1. The zero-order valence-electron chi connectivity index (χ0n) is 12.5. The molecule has 1 aromatic carbocycles. The zero-order chi connectivity index (χ0) is 17.1. The first-order chi connectivity index (χ1) is 11.0. The topological polar surface area (TPSA) is 57.5 Å². The Labute approximate surface area is 129 Å². The van der Waals surface area contributed by atoms with Crippen LogP contribution in [0.15, 0.2) is 17.1 Å². The second-order valence-electron chi connectivity index (χ2n) is 4.58. The number of aromatic nitrogens is 1. The Balaban J connectivity index is 2.92. The second kappa shape index (κ2) is 6.72. The van der Waals surface area contributed by atoms with Crippen molar-refractivity contribution in [2.75, 3.05) is 20.4 Å². The van der Waals surface area contributed by atoms with Crippen molar-refractivity contribution < 1.29 is 27.4 Å². The summed E-state index contributed by atoms with van der Waals surface area (Å²) >= 11 is 0. The molecule has 0 N–H and O–H groups in total. The van der Waals surface area contributed by atoms with Crippen LogP contribution in [-0.4, -0.2) is 30.9 Å². The van der Waals surface area contributed by atoms with E-state index in [-0.39, 0.29) is 29.6 Å². The fraction of sp³-hybridized carbons (Fsp3) is 0.333. The summed E-state index contributed by atoms with van der Waals surface area (Å²) in [4.78, 5) is 24.2. The average molecular weight is 331 g/mol. The smallest absolute Gasteiger partial charge is 0.343 e. The van der Waals surface area contributed by atoms with Gasteiger partial charge in [-0.3, -0.25) is 4.79 Å². The van der Waals surface area contributed by atoms with E-state index in [0.717, 1.165) is 17.9 Å². The summed E-state index contributed by atoms with van der Waals surface area (Å²) < 4.78 is 51.0. The van der Waals surface area contributed by atoms with Gasteiger partial charge in [-0.2, -0.15) is 4.39 Å². The molecule has 8 heteroatoms. The van der Waals surface area contributed by atoms with Gasteiger partial charge < -0.3 is 14.0 Å². The molecule has 0 spiro atoms. The van der Waals surface area contributed by atoms with Crippen molar-refractivity contribution in [2.24, 2.45) is 0 Å². The molecule has 124 valence electrons. The molecule has 0 aliphatic carbocycles. The molecule has 0 fully saturated rings. The molecule has 5 nitrogen and oxygen atoms in total. The lowest BCUT2D eigenvalue weighted by atomic mass is 10.1. The Morgan fingerprint density at radius 1 is 1.39 bits per heavy atom. The van der Waals surface area contributed by atoms with E-state index < -0.39 is 35.5 Å². The van der Waals surface area contributed by atoms with Gasteiger partial charge in [0.05, 0.1) is 31.2 Å². The molecule has 1 heterocycles. The van der Waals surface area contributed by atoms with Gasteiger partial charge in [-0.05, 0) is 13.0 Å². The molecule has 0 bridgehead atoms. The number of carbonyl (C=O) groups excluding carboxylic acids is 1. The third kappa shape index (κ3) is 2.88. The van der Waals surface area contributed by atoms with Gasteiger partial charge >= 0.3 is 5.97 Å². The molecule has 1 aromatic heterocycles. The first kappa shape index (κ1) is 16.9. The van der Waals surface area contributed by atoms with Gasteiger partial charge in [0.15, 0.2) is 11.6 Å². The van der Waals surface area contributed by atoms with Crippen LogP contribution in [0.25, 0.3) is 10.9 Å². The van der Waals surface area contributed by atoms with Crippen molar-refractivity contribution in [1.82, 2.24) is 4.57 Å². The number of nitrogens with zero attached hydrogens (tertiary/aromatic N) is 1. The van der Waals surface area contributed by atoms with Crippen molar-refractivity contribution in [3.05, 3.63) is 39.7 Å². The maximum atomic E-state index is 13.9. The van der Waals surface area contributed by atoms with Crippen LogP contribution >= 0.6 is 0 Å². The molecular formula is C15H14F3NO4. The summed E-state index contributed by atoms with van der Waals surface area (Å²) in [5.74, 6) is -4.05. The molecule has 0 unspecified atom stereocenters. The average Bonchev–Trinajstić information content (AvgIpc) is 2.52. The largest absolute Gasteiger partial charge is 0.491 e. The summed E-state index contributed by atoms with van der Waals surface area (Å²) in [5, 5.41) is -0.292. The third-order valence-corrected chi connectivity index (χ3v) is 3.24. The van der Waals surface area contributed by atoms with Gasteiger partial charge in [0.25, 0.3) is 0 Å². The van der Waals surface area contributed by atoms with Gasteiger partial charge in [-0.1, -0.05) is 0 Å². The first-order valence-electron chi connectivity index (χ1n) is 6.78.